The zero-order valence-electron chi connectivity index (χ0n) is 13.0. The molecule has 23 heavy (non-hydrogen) atoms. The Morgan fingerprint density at radius 2 is 1.96 bits per heavy atom. The summed E-state index contributed by atoms with van der Waals surface area (Å²) in [6, 6.07) is 2.38. The van der Waals surface area contributed by atoms with E-state index in [0.717, 1.165) is 43.9 Å². The van der Waals surface area contributed by atoms with Crippen molar-refractivity contribution in [3.05, 3.63) is 29.4 Å². The van der Waals surface area contributed by atoms with Crippen LogP contribution in [0.5, 0.6) is 0 Å². The molecule has 0 spiro atoms. The smallest absolute Gasteiger partial charge is 0.150 e. The van der Waals surface area contributed by atoms with Gasteiger partial charge >= 0.3 is 0 Å². The maximum atomic E-state index is 6.13. The van der Waals surface area contributed by atoms with Crippen molar-refractivity contribution in [2.45, 2.75) is 32.2 Å². The lowest BCUT2D eigenvalue weighted by Crippen LogP contribution is -2.39. The quantitative estimate of drug-likeness (QED) is 0.885. The molecule has 0 unspecified atom stereocenters. The Morgan fingerprint density at radius 1 is 1.22 bits per heavy atom. The van der Waals surface area contributed by atoms with E-state index in [9.17, 15) is 0 Å². The van der Waals surface area contributed by atoms with Gasteiger partial charge in [0, 0.05) is 30.9 Å². The molecule has 8 heteroatoms. The molecule has 3 heterocycles. The van der Waals surface area contributed by atoms with E-state index in [4.69, 9.17) is 17.3 Å². The summed E-state index contributed by atoms with van der Waals surface area (Å²) in [5, 5.41) is 3.75. The summed E-state index contributed by atoms with van der Waals surface area (Å²) in [5.41, 5.74) is 6.77. The highest BCUT2D eigenvalue weighted by Gasteiger charge is 2.21. The SMILES string of the molecule is CCc1cc(N2CCC(Nc3ncnc(N)c3Cl)CC2)ncn1. The van der Waals surface area contributed by atoms with Crippen LogP contribution in [0.15, 0.2) is 18.7 Å². The molecular formula is C15H20ClN7. The van der Waals surface area contributed by atoms with Crippen molar-refractivity contribution in [3.63, 3.8) is 0 Å². The summed E-state index contributed by atoms with van der Waals surface area (Å²) in [4.78, 5) is 19.0. The monoisotopic (exact) mass is 333 g/mol. The third-order valence-electron chi connectivity index (χ3n) is 4.05. The Morgan fingerprint density at radius 3 is 2.70 bits per heavy atom. The summed E-state index contributed by atoms with van der Waals surface area (Å²) in [6.07, 6.45) is 5.94. The fraction of sp³-hybridized carbons (Fsp3) is 0.467. The second-order valence-electron chi connectivity index (χ2n) is 5.55. The number of halogens is 1. The standard InChI is InChI=1S/C15H20ClN7/c1-2-10-7-12(19-8-18-10)23-5-3-11(4-6-23)22-15-13(16)14(17)20-9-21-15/h7-9,11H,2-6H2,1H3,(H3,17,20,21,22). The van der Waals surface area contributed by atoms with Crippen molar-refractivity contribution in [1.29, 1.82) is 0 Å². The van der Waals surface area contributed by atoms with Crippen LogP contribution in [0.2, 0.25) is 5.02 Å². The van der Waals surface area contributed by atoms with Crippen LogP contribution in [0.25, 0.3) is 0 Å². The second kappa shape index (κ2) is 6.95. The number of hydrogen-bond acceptors (Lipinski definition) is 7. The number of nitrogens with zero attached hydrogens (tertiary/aromatic N) is 5. The fourth-order valence-corrected chi connectivity index (χ4v) is 2.83. The number of piperidine rings is 1. The van der Waals surface area contributed by atoms with Gasteiger partial charge in [-0.3, -0.25) is 0 Å². The van der Waals surface area contributed by atoms with E-state index in [1.54, 1.807) is 6.33 Å². The lowest BCUT2D eigenvalue weighted by Gasteiger charge is -2.33. The first-order chi connectivity index (χ1) is 11.2. The van der Waals surface area contributed by atoms with E-state index >= 15 is 0 Å². The van der Waals surface area contributed by atoms with Gasteiger partial charge in [-0.05, 0) is 19.3 Å². The highest BCUT2D eigenvalue weighted by atomic mass is 35.5. The van der Waals surface area contributed by atoms with Gasteiger partial charge in [0.2, 0.25) is 0 Å². The van der Waals surface area contributed by atoms with Crippen molar-refractivity contribution < 1.29 is 0 Å². The van der Waals surface area contributed by atoms with E-state index in [-0.39, 0.29) is 0 Å². The molecule has 2 aromatic heterocycles. The number of nitrogens with one attached hydrogen (secondary N) is 1. The Balaban J connectivity index is 1.61. The van der Waals surface area contributed by atoms with Crippen molar-refractivity contribution in [2.24, 2.45) is 0 Å². The van der Waals surface area contributed by atoms with Crippen LogP contribution in [-0.4, -0.2) is 39.1 Å². The molecule has 0 aromatic carbocycles. The molecule has 7 nitrogen and oxygen atoms in total. The molecule has 122 valence electrons. The molecule has 0 atom stereocenters. The largest absolute Gasteiger partial charge is 0.382 e. The lowest BCUT2D eigenvalue weighted by molar-refractivity contribution is 0.522. The van der Waals surface area contributed by atoms with Crippen LogP contribution in [0.3, 0.4) is 0 Å². The van der Waals surface area contributed by atoms with Gasteiger partial charge in [0.25, 0.3) is 0 Å². The fourth-order valence-electron chi connectivity index (χ4n) is 2.68. The number of nitrogens with two attached hydrogens (primary N) is 1. The average molecular weight is 334 g/mol. The molecular weight excluding hydrogens is 314 g/mol. The molecule has 0 radical (unpaired) electrons. The number of aryl methyl sites for hydroxylation is 1. The Hall–Kier alpha value is -2.15. The minimum absolute atomic E-state index is 0.301. The number of nitrogen functional groups attached to an aromatic ring is 1. The first-order valence-corrected chi connectivity index (χ1v) is 8.13. The summed E-state index contributed by atoms with van der Waals surface area (Å²) in [7, 11) is 0. The van der Waals surface area contributed by atoms with Crippen LogP contribution >= 0.6 is 11.6 Å². The molecule has 0 bridgehead atoms. The number of rotatable bonds is 4. The molecule has 1 aliphatic rings. The van der Waals surface area contributed by atoms with Crippen LogP contribution < -0.4 is 16.0 Å². The van der Waals surface area contributed by atoms with Crippen molar-refractivity contribution >= 4 is 29.1 Å². The van der Waals surface area contributed by atoms with E-state index in [1.807, 2.05) is 0 Å². The van der Waals surface area contributed by atoms with Crippen molar-refractivity contribution in [2.75, 3.05) is 29.0 Å². The summed E-state index contributed by atoms with van der Waals surface area (Å²) < 4.78 is 0. The van der Waals surface area contributed by atoms with Crippen molar-refractivity contribution in [3.8, 4) is 0 Å². The maximum Gasteiger partial charge on any atom is 0.150 e. The minimum atomic E-state index is 0.301. The third kappa shape index (κ3) is 3.61. The number of aromatic nitrogens is 4. The Bertz CT molecular complexity index is 671. The zero-order valence-corrected chi connectivity index (χ0v) is 13.8. The number of hydrogen-bond donors (Lipinski definition) is 2. The molecule has 2 aromatic rings. The summed E-state index contributed by atoms with van der Waals surface area (Å²) in [6.45, 7) is 3.95. The van der Waals surface area contributed by atoms with E-state index in [1.165, 1.54) is 6.33 Å². The van der Waals surface area contributed by atoms with Crippen LogP contribution in [0, 0.1) is 0 Å². The maximum absolute atomic E-state index is 6.13. The Labute approximate surface area is 140 Å². The molecule has 0 aliphatic carbocycles. The highest BCUT2D eigenvalue weighted by Crippen LogP contribution is 2.26. The molecule has 1 fully saturated rings. The molecule has 1 aliphatic heterocycles. The van der Waals surface area contributed by atoms with Gasteiger partial charge in [0.05, 0.1) is 0 Å². The predicted octanol–water partition coefficient (Wildman–Crippen LogP) is 2.15. The molecule has 0 amide bonds. The van der Waals surface area contributed by atoms with Crippen molar-refractivity contribution in [1.82, 2.24) is 19.9 Å². The van der Waals surface area contributed by atoms with Crippen LogP contribution in [0.1, 0.15) is 25.5 Å². The average Bonchev–Trinajstić information content (AvgIpc) is 2.60. The van der Waals surface area contributed by atoms with Gasteiger partial charge in [-0.1, -0.05) is 18.5 Å². The topological polar surface area (TPSA) is 92.8 Å². The minimum Gasteiger partial charge on any atom is -0.382 e. The molecule has 3 N–H and O–H groups in total. The molecule has 1 saturated heterocycles. The molecule has 0 saturated carbocycles. The zero-order chi connectivity index (χ0) is 16.2. The van der Waals surface area contributed by atoms with Crippen LogP contribution in [-0.2, 0) is 6.42 Å². The predicted molar refractivity (Wildman–Crippen MR) is 91.7 cm³/mol. The highest BCUT2D eigenvalue weighted by molar-refractivity contribution is 6.35. The van der Waals surface area contributed by atoms with Gasteiger partial charge < -0.3 is 16.0 Å². The van der Waals surface area contributed by atoms with Gasteiger partial charge in [-0.2, -0.15) is 0 Å². The molecule has 3 rings (SSSR count). The van der Waals surface area contributed by atoms with Gasteiger partial charge in [0.15, 0.2) is 5.82 Å². The van der Waals surface area contributed by atoms with E-state index in [2.05, 4.69) is 43.1 Å². The van der Waals surface area contributed by atoms with Gasteiger partial charge in [-0.15, -0.1) is 0 Å². The first-order valence-electron chi connectivity index (χ1n) is 7.75. The normalized spacial score (nSPS) is 15.7. The lowest BCUT2D eigenvalue weighted by atomic mass is 10.0. The summed E-state index contributed by atoms with van der Waals surface area (Å²) >= 11 is 6.13. The first kappa shape index (κ1) is 15.7. The van der Waals surface area contributed by atoms with Gasteiger partial charge in [-0.25, -0.2) is 19.9 Å². The number of anilines is 3. The summed E-state index contributed by atoms with van der Waals surface area (Å²) in [5.74, 6) is 1.90. The van der Waals surface area contributed by atoms with E-state index < -0.39 is 0 Å². The Kier molecular flexibility index (Phi) is 4.76. The van der Waals surface area contributed by atoms with Gasteiger partial charge in [0.1, 0.15) is 29.3 Å². The van der Waals surface area contributed by atoms with Crippen LogP contribution in [0.4, 0.5) is 17.5 Å². The third-order valence-corrected chi connectivity index (χ3v) is 4.42. The van der Waals surface area contributed by atoms with E-state index in [0.29, 0.717) is 22.7 Å². The second-order valence-corrected chi connectivity index (χ2v) is 5.93.